The molecule has 1 aromatic heterocycles. The van der Waals surface area contributed by atoms with Crippen molar-refractivity contribution < 1.29 is 0 Å². The van der Waals surface area contributed by atoms with E-state index >= 15 is 0 Å². The maximum Gasteiger partial charge on any atom is 0.194 e. The molecular weight excluding hydrogens is 451 g/mol. The van der Waals surface area contributed by atoms with Crippen LogP contribution in [0.3, 0.4) is 0 Å². The highest BCUT2D eigenvalue weighted by atomic mass is 127. The van der Waals surface area contributed by atoms with Gasteiger partial charge in [-0.2, -0.15) is 0 Å². The van der Waals surface area contributed by atoms with Gasteiger partial charge in [0.2, 0.25) is 0 Å². The van der Waals surface area contributed by atoms with Crippen molar-refractivity contribution in [1.29, 1.82) is 0 Å². The quantitative estimate of drug-likeness (QED) is 0.278. The summed E-state index contributed by atoms with van der Waals surface area (Å²) >= 11 is 0. The van der Waals surface area contributed by atoms with Gasteiger partial charge >= 0.3 is 0 Å². The van der Waals surface area contributed by atoms with Crippen molar-refractivity contribution in [3.63, 3.8) is 0 Å². The summed E-state index contributed by atoms with van der Waals surface area (Å²) in [7, 11) is 0. The molecule has 0 unspecified atom stereocenters. The maximum absolute atomic E-state index is 4.88. The Morgan fingerprint density at radius 3 is 2.52 bits per heavy atom. The lowest BCUT2D eigenvalue weighted by molar-refractivity contribution is 0.330. The van der Waals surface area contributed by atoms with Crippen LogP contribution < -0.4 is 10.2 Å². The number of anilines is 1. The second kappa shape index (κ2) is 12.4. The largest absolute Gasteiger partial charge is 0.357 e. The van der Waals surface area contributed by atoms with Crippen LogP contribution in [0.5, 0.6) is 0 Å². The number of nitrogens with zero attached hydrogens (tertiary/aromatic N) is 5. The molecule has 152 valence electrons. The summed E-state index contributed by atoms with van der Waals surface area (Å²) in [5.74, 6) is 2.16. The van der Waals surface area contributed by atoms with E-state index in [0.717, 1.165) is 51.0 Å². The predicted octanol–water partition coefficient (Wildman–Crippen LogP) is 2.66. The van der Waals surface area contributed by atoms with Gasteiger partial charge in [-0.15, -0.1) is 24.0 Å². The molecule has 0 saturated carbocycles. The molecule has 0 amide bonds. The Kier molecular flexibility index (Phi) is 10.2. The number of hydrogen-bond donors (Lipinski definition) is 1. The summed E-state index contributed by atoms with van der Waals surface area (Å²) in [5, 5.41) is 3.47. The van der Waals surface area contributed by atoms with Crippen LogP contribution in [0.25, 0.3) is 0 Å². The van der Waals surface area contributed by atoms with Crippen molar-refractivity contribution in [2.75, 3.05) is 63.8 Å². The molecular formula is C20H35IN6. The van der Waals surface area contributed by atoms with Crippen molar-refractivity contribution in [3.8, 4) is 0 Å². The van der Waals surface area contributed by atoms with Gasteiger partial charge in [0.1, 0.15) is 5.82 Å². The van der Waals surface area contributed by atoms with Gasteiger partial charge in [0.15, 0.2) is 5.96 Å². The van der Waals surface area contributed by atoms with Crippen LogP contribution >= 0.6 is 24.0 Å². The molecule has 27 heavy (non-hydrogen) atoms. The molecule has 3 rings (SSSR count). The van der Waals surface area contributed by atoms with Gasteiger partial charge in [-0.3, -0.25) is 4.99 Å². The number of aromatic nitrogens is 1. The molecule has 3 heterocycles. The normalized spacial score (nSPS) is 18.5. The summed E-state index contributed by atoms with van der Waals surface area (Å²) in [6.45, 7) is 11.8. The smallest absolute Gasteiger partial charge is 0.194 e. The first-order chi connectivity index (χ1) is 12.9. The Labute approximate surface area is 181 Å². The lowest BCUT2D eigenvalue weighted by Crippen LogP contribution is -2.52. The van der Waals surface area contributed by atoms with Gasteiger partial charge in [-0.25, -0.2) is 4.98 Å². The van der Waals surface area contributed by atoms with Crippen LogP contribution in [0.1, 0.15) is 32.6 Å². The van der Waals surface area contributed by atoms with E-state index in [1.54, 1.807) is 0 Å². The van der Waals surface area contributed by atoms with Crippen LogP contribution in [-0.4, -0.2) is 79.6 Å². The van der Waals surface area contributed by atoms with E-state index in [1.807, 2.05) is 12.3 Å². The van der Waals surface area contributed by atoms with Gasteiger partial charge in [0.05, 0.1) is 0 Å². The fraction of sp³-hybridized carbons (Fsp3) is 0.700. The third-order valence-corrected chi connectivity index (χ3v) is 5.23. The third kappa shape index (κ3) is 7.10. The van der Waals surface area contributed by atoms with E-state index in [4.69, 9.17) is 4.99 Å². The van der Waals surface area contributed by atoms with E-state index in [-0.39, 0.29) is 24.0 Å². The topological polar surface area (TPSA) is 47.0 Å². The first-order valence-electron chi connectivity index (χ1n) is 10.3. The summed E-state index contributed by atoms with van der Waals surface area (Å²) < 4.78 is 0. The standard InChI is InChI=1S/C20H34N6.HI/c1-2-21-20(23-11-5-6-12-24-13-7-8-14-24)26-17-15-25(16-18-26)19-9-3-4-10-22-19;/h3-4,9-10H,2,5-8,11-18H2,1H3,(H,21,23);1H. The fourth-order valence-electron chi connectivity index (χ4n) is 3.75. The van der Waals surface area contributed by atoms with Crippen molar-refractivity contribution in [2.45, 2.75) is 32.6 Å². The Balaban J connectivity index is 0.00000261. The van der Waals surface area contributed by atoms with Gasteiger partial charge in [-0.05, 0) is 64.4 Å². The Hall–Kier alpha value is -1.09. The lowest BCUT2D eigenvalue weighted by atomic mass is 10.3. The molecule has 0 aromatic carbocycles. The number of unbranched alkanes of at least 4 members (excludes halogenated alkanes) is 1. The van der Waals surface area contributed by atoms with Crippen LogP contribution in [0.2, 0.25) is 0 Å². The highest BCUT2D eigenvalue weighted by molar-refractivity contribution is 14.0. The van der Waals surface area contributed by atoms with Gasteiger partial charge in [-0.1, -0.05) is 6.07 Å². The molecule has 2 aliphatic heterocycles. The second-order valence-corrected chi connectivity index (χ2v) is 7.15. The first kappa shape index (κ1) is 22.2. The molecule has 0 bridgehead atoms. The minimum atomic E-state index is 0. The van der Waals surface area contributed by atoms with Gasteiger partial charge in [0, 0.05) is 45.5 Å². The average Bonchev–Trinajstić information content (AvgIpc) is 3.21. The van der Waals surface area contributed by atoms with Gasteiger partial charge in [0.25, 0.3) is 0 Å². The molecule has 1 aromatic rings. The molecule has 0 radical (unpaired) electrons. The van der Waals surface area contributed by atoms with Crippen LogP contribution in [-0.2, 0) is 0 Å². The zero-order valence-electron chi connectivity index (χ0n) is 16.6. The SMILES string of the molecule is CCNC(=NCCCCN1CCCC1)N1CCN(c2ccccn2)CC1.I. The lowest BCUT2D eigenvalue weighted by Gasteiger charge is -2.37. The summed E-state index contributed by atoms with van der Waals surface area (Å²) in [6, 6.07) is 6.12. The summed E-state index contributed by atoms with van der Waals surface area (Å²) in [4.78, 5) is 16.7. The summed E-state index contributed by atoms with van der Waals surface area (Å²) in [6.07, 6.45) is 7.07. The van der Waals surface area contributed by atoms with E-state index in [2.05, 4.69) is 44.1 Å². The van der Waals surface area contributed by atoms with Crippen molar-refractivity contribution in [3.05, 3.63) is 24.4 Å². The molecule has 7 heteroatoms. The Morgan fingerprint density at radius 1 is 1.07 bits per heavy atom. The minimum Gasteiger partial charge on any atom is -0.357 e. The highest BCUT2D eigenvalue weighted by Gasteiger charge is 2.20. The number of halogens is 1. The van der Waals surface area contributed by atoms with Crippen molar-refractivity contribution in [2.24, 2.45) is 4.99 Å². The average molecular weight is 486 g/mol. The van der Waals surface area contributed by atoms with E-state index < -0.39 is 0 Å². The second-order valence-electron chi connectivity index (χ2n) is 7.15. The zero-order valence-corrected chi connectivity index (χ0v) is 19.0. The number of nitrogens with one attached hydrogen (secondary N) is 1. The molecule has 0 atom stereocenters. The van der Waals surface area contributed by atoms with E-state index in [9.17, 15) is 0 Å². The zero-order chi connectivity index (χ0) is 18.0. The number of pyridine rings is 1. The highest BCUT2D eigenvalue weighted by Crippen LogP contribution is 2.13. The molecule has 2 aliphatic rings. The number of likely N-dealkylation sites (tertiary alicyclic amines) is 1. The van der Waals surface area contributed by atoms with E-state index in [1.165, 1.54) is 45.3 Å². The predicted molar refractivity (Wildman–Crippen MR) is 124 cm³/mol. The molecule has 2 fully saturated rings. The van der Waals surface area contributed by atoms with E-state index in [0.29, 0.717) is 0 Å². The third-order valence-electron chi connectivity index (χ3n) is 5.23. The minimum absolute atomic E-state index is 0. The molecule has 1 N–H and O–H groups in total. The molecule has 6 nitrogen and oxygen atoms in total. The number of guanidine groups is 1. The van der Waals surface area contributed by atoms with Crippen LogP contribution in [0.15, 0.2) is 29.4 Å². The molecule has 0 aliphatic carbocycles. The maximum atomic E-state index is 4.88. The number of hydrogen-bond acceptors (Lipinski definition) is 4. The van der Waals surface area contributed by atoms with Crippen molar-refractivity contribution >= 4 is 35.8 Å². The van der Waals surface area contributed by atoms with Crippen LogP contribution in [0.4, 0.5) is 5.82 Å². The first-order valence-corrected chi connectivity index (χ1v) is 10.3. The van der Waals surface area contributed by atoms with Crippen molar-refractivity contribution in [1.82, 2.24) is 20.1 Å². The fourth-order valence-corrected chi connectivity index (χ4v) is 3.75. The van der Waals surface area contributed by atoms with Gasteiger partial charge < -0.3 is 20.0 Å². The Morgan fingerprint density at radius 2 is 1.85 bits per heavy atom. The summed E-state index contributed by atoms with van der Waals surface area (Å²) in [5.41, 5.74) is 0. The molecule has 2 saturated heterocycles. The van der Waals surface area contributed by atoms with Crippen LogP contribution in [0, 0.1) is 0 Å². The number of piperazine rings is 1. The number of rotatable bonds is 7. The molecule has 0 spiro atoms. The Bertz CT molecular complexity index is 539. The number of aliphatic imine (C=N–C) groups is 1. The monoisotopic (exact) mass is 486 g/mol.